The van der Waals surface area contributed by atoms with E-state index in [1.54, 1.807) is 0 Å². The van der Waals surface area contributed by atoms with Gasteiger partial charge >= 0.3 is 0 Å². The molecule has 0 saturated heterocycles. The van der Waals surface area contributed by atoms with Crippen molar-refractivity contribution in [1.29, 1.82) is 0 Å². The maximum Gasteiger partial charge on any atom is 0.246 e. The van der Waals surface area contributed by atoms with E-state index in [1.165, 1.54) is 0 Å². The molecule has 1 heterocycles. The molecule has 29 heavy (non-hydrogen) atoms. The fourth-order valence-electron chi connectivity index (χ4n) is 3.53. The predicted octanol–water partition coefficient (Wildman–Crippen LogP) is 5.08. The molecule has 1 unspecified atom stereocenters. The van der Waals surface area contributed by atoms with Crippen molar-refractivity contribution < 1.29 is 4.79 Å². The van der Waals surface area contributed by atoms with Crippen LogP contribution in [-0.2, 0) is 4.79 Å². The molecule has 0 fully saturated rings. The number of carbonyl (C=O) groups excluding carboxylic acids is 1. The summed E-state index contributed by atoms with van der Waals surface area (Å²) >= 11 is 0. The van der Waals surface area contributed by atoms with Crippen molar-refractivity contribution >= 4 is 28.1 Å². The summed E-state index contributed by atoms with van der Waals surface area (Å²) in [5.74, 6) is -0.0902. The Bertz CT molecular complexity index is 1160. The van der Waals surface area contributed by atoms with Crippen LogP contribution in [0, 0.1) is 13.8 Å². The summed E-state index contributed by atoms with van der Waals surface area (Å²) in [5, 5.41) is 13.2. The van der Waals surface area contributed by atoms with Crippen LogP contribution in [0.15, 0.2) is 72.8 Å². The molecule has 3 aromatic carbocycles. The Hall–Kier alpha value is -3.60. The van der Waals surface area contributed by atoms with Crippen LogP contribution in [-0.4, -0.2) is 21.7 Å². The van der Waals surface area contributed by atoms with E-state index >= 15 is 0 Å². The minimum atomic E-state index is -0.417. The monoisotopic (exact) mass is 384 g/mol. The van der Waals surface area contributed by atoms with Gasteiger partial charge in [0.1, 0.15) is 6.04 Å². The van der Waals surface area contributed by atoms with E-state index in [-0.39, 0.29) is 5.91 Å². The zero-order chi connectivity index (χ0) is 20.4. The van der Waals surface area contributed by atoms with Crippen molar-refractivity contribution in [2.24, 2.45) is 0 Å². The van der Waals surface area contributed by atoms with Gasteiger partial charge in [0, 0.05) is 11.1 Å². The lowest BCUT2D eigenvalue weighted by molar-refractivity contribution is -0.116. The van der Waals surface area contributed by atoms with Gasteiger partial charge in [-0.25, -0.2) is 4.68 Å². The summed E-state index contributed by atoms with van der Waals surface area (Å²) in [6, 6.07) is 23.5. The minimum absolute atomic E-state index is 0.0902. The number of amides is 1. The molecule has 5 heteroatoms. The third-order valence-electron chi connectivity index (χ3n) is 5.09. The number of aryl methyl sites for hydroxylation is 1. The number of anilines is 2. The minimum Gasteiger partial charge on any atom is -0.371 e. The highest BCUT2D eigenvalue weighted by molar-refractivity contribution is 6.04. The van der Waals surface area contributed by atoms with Gasteiger partial charge in [0.15, 0.2) is 0 Å². The van der Waals surface area contributed by atoms with Crippen LogP contribution in [0.25, 0.3) is 16.5 Å². The van der Waals surface area contributed by atoms with Crippen LogP contribution in [0.2, 0.25) is 0 Å². The summed E-state index contributed by atoms with van der Waals surface area (Å²) in [6.45, 7) is 5.81. The van der Waals surface area contributed by atoms with E-state index in [2.05, 4.69) is 15.7 Å². The lowest BCUT2D eigenvalue weighted by Gasteiger charge is -2.17. The number of nitrogens with zero attached hydrogens (tertiary/aromatic N) is 2. The van der Waals surface area contributed by atoms with Gasteiger partial charge in [0.25, 0.3) is 0 Å². The molecule has 0 bridgehead atoms. The molecule has 0 spiro atoms. The van der Waals surface area contributed by atoms with E-state index in [0.717, 1.165) is 39.2 Å². The highest BCUT2D eigenvalue weighted by atomic mass is 16.2. The SMILES string of the molecule is Cc1nn(-c2ccccc2)c(C)c1NC(C)C(=O)Nc1cccc2ccccc12. The molecular weight excluding hydrogens is 360 g/mol. The fraction of sp³-hybridized carbons (Fsp3) is 0.167. The van der Waals surface area contributed by atoms with Gasteiger partial charge in [-0.15, -0.1) is 0 Å². The van der Waals surface area contributed by atoms with Gasteiger partial charge in [0.05, 0.1) is 22.8 Å². The normalized spacial score (nSPS) is 12.0. The maximum atomic E-state index is 12.9. The van der Waals surface area contributed by atoms with Crippen LogP contribution in [0.4, 0.5) is 11.4 Å². The van der Waals surface area contributed by atoms with E-state index in [0.29, 0.717) is 0 Å². The van der Waals surface area contributed by atoms with E-state index in [1.807, 2.05) is 98.2 Å². The first-order valence-corrected chi connectivity index (χ1v) is 9.71. The summed E-state index contributed by atoms with van der Waals surface area (Å²) in [4.78, 5) is 12.9. The molecule has 2 N–H and O–H groups in total. The summed E-state index contributed by atoms with van der Waals surface area (Å²) < 4.78 is 1.90. The molecule has 0 saturated carbocycles. The molecule has 0 aliphatic carbocycles. The average Bonchev–Trinajstić information content (AvgIpc) is 3.03. The second-order valence-electron chi connectivity index (χ2n) is 7.18. The Morgan fingerprint density at radius 3 is 2.41 bits per heavy atom. The van der Waals surface area contributed by atoms with Gasteiger partial charge < -0.3 is 10.6 Å². The molecular formula is C24H24N4O. The second kappa shape index (κ2) is 7.80. The second-order valence-corrected chi connectivity index (χ2v) is 7.18. The molecule has 1 amide bonds. The van der Waals surface area contributed by atoms with Gasteiger partial charge in [-0.1, -0.05) is 54.6 Å². The largest absolute Gasteiger partial charge is 0.371 e. The summed E-state index contributed by atoms with van der Waals surface area (Å²) in [5.41, 5.74) is 4.52. The molecule has 1 aromatic heterocycles. The quantitative estimate of drug-likeness (QED) is 0.504. The van der Waals surface area contributed by atoms with Crippen LogP contribution in [0.5, 0.6) is 0 Å². The number of benzene rings is 3. The predicted molar refractivity (Wildman–Crippen MR) is 119 cm³/mol. The van der Waals surface area contributed by atoms with Gasteiger partial charge in [-0.05, 0) is 44.4 Å². The van der Waals surface area contributed by atoms with Crippen molar-refractivity contribution in [3.05, 3.63) is 84.2 Å². The Labute approximate surface area is 170 Å². The Kier molecular flexibility index (Phi) is 5.04. The fourth-order valence-corrected chi connectivity index (χ4v) is 3.53. The lowest BCUT2D eigenvalue weighted by Crippen LogP contribution is -2.32. The highest BCUT2D eigenvalue weighted by Crippen LogP contribution is 2.25. The average molecular weight is 384 g/mol. The van der Waals surface area contributed by atoms with E-state index < -0.39 is 6.04 Å². The van der Waals surface area contributed by atoms with E-state index in [9.17, 15) is 4.79 Å². The zero-order valence-corrected chi connectivity index (χ0v) is 16.8. The Balaban J connectivity index is 1.54. The zero-order valence-electron chi connectivity index (χ0n) is 16.8. The van der Waals surface area contributed by atoms with Crippen molar-refractivity contribution in [3.8, 4) is 5.69 Å². The van der Waals surface area contributed by atoms with Crippen molar-refractivity contribution in [2.75, 3.05) is 10.6 Å². The highest BCUT2D eigenvalue weighted by Gasteiger charge is 2.19. The summed E-state index contributed by atoms with van der Waals surface area (Å²) in [7, 11) is 0. The number of aromatic nitrogens is 2. The number of hydrogen-bond donors (Lipinski definition) is 2. The van der Waals surface area contributed by atoms with Crippen molar-refractivity contribution in [2.45, 2.75) is 26.8 Å². The number of carbonyl (C=O) groups is 1. The molecule has 0 aliphatic heterocycles. The van der Waals surface area contributed by atoms with Gasteiger partial charge in [0.2, 0.25) is 5.91 Å². The first kappa shape index (κ1) is 18.7. The van der Waals surface area contributed by atoms with Crippen LogP contribution >= 0.6 is 0 Å². The molecule has 1 atom stereocenters. The molecule has 4 rings (SSSR count). The molecule has 5 nitrogen and oxygen atoms in total. The summed E-state index contributed by atoms with van der Waals surface area (Å²) in [6.07, 6.45) is 0. The van der Waals surface area contributed by atoms with Crippen molar-refractivity contribution in [1.82, 2.24) is 9.78 Å². The maximum absolute atomic E-state index is 12.9. The lowest BCUT2D eigenvalue weighted by atomic mass is 10.1. The number of rotatable bonds is 5. The van der Waals surface area contributed by atoms with Gasteiger partial charge in [-0.2, -0.15) is 5.10 Å². The molecule has 0 aliphatic rings. The topological polar surface area (TPSA) is 59.0 Å². The van der Waals surface area contributed by atoms with Crippen LogP contribution in [0.1, 0.15) is 18.3 Å². The van der Waals surface area contributed by atoms with Crippen LogP contribution < -0.4 is 10.6 Å². The number of para-hydroxylation sites is 1. The third-order valence-corrected chi connectivity index (χ3v) is 5.09. The Morgan fingerprint density at radius 1 is 0.931 bits per heavy atom. The molecule has 146 valence electrons. The smallest absolute Gasteiger partial charge is 0.246 e. The van der Waals surface area contributed by atoms with Gasteiger partial charge in [-0.3, -0.25) is 4.79 Å². The number of fused-ring (bicyclic) bond motifs is 1. The third kappa shape index (κ3) is 3.72. The molecule has 4 aromatic rings. The van der Waals surface area contributed by atoms with Crippen LogP contribution in [0.3, 0.4) is 0 Å². The van der Waals surface area contributed by atoms with Crippen molar-refractivity contribution in [3.63, 3.8) is 0 Å². The first-order valence-electron chi connectivity index (χ1n) is 9.71. The number of hydrogen-bond acceptors (Lipinski definition) is 3. The number of nitrogens with one attached hydrogen (secondary N) is 2. The standard InChI is InChI=1S/C24H24N4O/c1-16-23(18(3)28(27-16)20-12-5-4-6-13-20)25-17(2)24(29)26-22-15-9-11-19-10-7-8-14-21(19)22/h4-15,17,25H,1-3H3,(H,26,29). The molecule has 0 radical (unpaired) electrons. The van der Waals surface area contributed by atoms with E-state index in [4.69, 9.17) is 0 Å². The Morgan fingerprint density at radius 2 is 1.62 bits per heavy atom. The first-order chi connectivity index (χ1) is 14.0.